The van der Waals surface area contributed by atoms with Crippen LogP contribution in [0.3, 0.4) is 0 Å². The van der Waals surface area contributed by atoms with E-state index in [1.54, 1.807) is 6.26 Å². The number of furan rings is 1. The molecular weight excluding hydrogens is 414 g/mol. The minimum absolute atomic E-state index is 0.0904. The number of piperidine rings is 3. The monoisotopic (exact) mass is 448 g/mol. The van der Waals surface area contributed by atoms with Crippen LogP contribution < -0.4 is 10.2 Å². The summed E-state index contributed by atoms with van der Waals surface area (Å²) >= 11 is 0. The van der Waals surface area contributed by atoms with Gasteiger partial charge in [-0.3, -0.25) is 4.79 Å². The summed E-state index contributed by atoms with van der Waals surface area (Å²) in [6, 6.07) is 12.9. The van der Waals surface area contributed by atoms with Crippen LogP contribution in [-0.4, -0.2) is 40.0 Å². The molecule has 3 saturated heterocycles. The maximum atomic E-state index is 12.8. The zero-order valence-corrected chi connectivity index (χ0v) is 19.8. The van der Waals surface area contributed by atoms with Gasteiger partial charge in [0.1, 0.15) is 17.5 Å². The first-order valence-electron chi connectivity index (χ1n) is 12.0. The molecule has 0 aliphatic carbocycles. The van der Waals surface area contributed by atoms with Crippen LogP contribution in [0.4, 0.5) is 0 Å². The molecule has 3 aromatic rings. The summed E-state index contributed by atoms with van der Waals surface area (Å²) in [7, 11) is 0. The summed E-state index contributed by atoms with van der Waals surface area (Å²) in [4.78, 5) is 14.3. The van der Waals surface area contributed by atoms with Gasteiger partial charge in [0.25, 0.3) is 0 Å². The SMILES string of the molecule is CC(C)(C)c1ccc(-c2cn(C[C@H]3C[C@H]4CC[NH+]3C[C@@H]4C(=O)NCc3ccco3)nn2)cc1. The van der Waals surface area contributed by atoms with Crippen LogP contribution in [-0.2, 0) is 23.3 Å². The van der Waals surface area contributed by atoms with Gasteiger partial charge in [0.2, 0.25) is 5.91 Å². The number of rotatable bonds is 6. The minimum Gasteiger partial charge on any atom is -0.467 e. The molecule has 5 heterocycles. The molecule has 1 amide bonds. The summed E-state index contributed by atoms with van der Waals surface area (Å²) in [6.07, 6.45) is 5.88. The number of hydrogen-bond acceptors (Lipinski definition) is 4. The molecule has 4 atom stereocenters. The molecule has 0 spiro atoms. The van der Waals surface area contributed by atoms with Gasteiger partial charge < -0.3 is 14.6 Å². The van der Waals surface area contributed by atoms with Crippen molar-refractivity contribution in [2.75, 3.05) is 13.1 Å². The van der Waals surface area contributed by atoms with Gasteiger partial charge in [-0.25, -0.2) is 4.68 Å². The van der Waals surface area contributed by atoms with Gasteiger partial charge in [-0.05, 0) is 29.0 Å². The van der Waals surface area contributed by atoms with Crippen molar-refractivity contribution in [2.24, 2.45) is 11.8 Å². The average molecular weight is 449 g/mol. The second-order valence-electron chi connectivity index (χ2n) is 10.7. The lowest BCUT2D eigenvalue weighted by atomic mass is 9.75. The first-order valence-corrected chi connectivity index (χ1v) is 12.0. The Morgan fingerprint density at radius 1 is 1.24 bits per heavy atom. The predicted molar refractivity (Wildman–Crippen MR) is 125 cm³/mol. The number of amides is 1. The van der Waals surface area contributed by atoms with Crippen molar-refractivity contribution >= 4 is 5.91 Å². The Labute approximate surface area is 195 Å². The molecule has 3 aliphatic rings. The fraction of sp³-hybridized carbons (Fsp3) is 0.500. The molecule has 2 N–H and O–H groups in total. The van der Waals surface area contributed by atoms with Crippen molar-refractivity contribution in [1.29, 1.82) is 0 Å². The van der Waals surface area contributed by atoms with Crippen molar-refractivity contribution in [1.82, 2.24) is 20.3 Å². The third-order valence-electron chi connectivity index (χ3n) is 7.40. The maximum absolute atomic E-state index is 12.8. The molecule has 2 bridgehead atoms. The molecule has 2 aromatic heterocycles. The number of fused-ring (bicyclic) bond motifs is 3. The molecule has 1 unspecified atom stereocenters. The van der Waals surface area contributed by atoms with Crippen LogP contribution in [0.15, 0.2) is 53.3 Å². The molecule has 6 rings (SSSR count). The van der Waals surface area contributed by atoms with Gasteiger partial charge in [0.15, 0.2) is 0 Å². The topological polar surface area (TPSA) is 77.4 Å². The van der Waals surface area contributed by atoms with E-state index in [-0.39, 0.29) is 17.2 Å². The molecule has 3 aliphatic heterocycles. The summed E-state index contributed by atoms with van der Waals surface area (Å²) in [6.45, 7) is 10.0. The van der Waals surface area contributed by atoms with Crippen LogP contribution in [0.1, 0.15) is 44.9 Å². The molecule has 33 heavy (non-hydrogen) atoms. The van der Waals surface area contributed by atoms with E-state index < -0.39 is 0 Å². The Morgan fingerprint density at radius 3 is 2.73 bits per heavy atom. The third-order valence-corrected chi connectivity index (χ3v) is 7.40. The zero-order valence-electron chi connectivity index (χ0n) is 19.8. The van der Waals surface area contributed by atoms with E-state index in [1.165, 1.54) is 10.5 Å². The molecule has 174 valence electrons. The number of nitrogens with one attached hydrogen (secondary N) is 2. The van der Waals surface area contributed by atoms with Crippen LogP contribution in [0, 0.1) is 11.8 Å². The highest BCUT2D eigenvalue weighted by molar-refractivity contribution is 5.79. The van der Waals surface area contributed by atoms with E-state index >= 15 is 0 Å². The van der Waals surface area contributed by atoms with Gasteiger partial charge in [0.05, 0.1) is 44.6 Å². The van der Waals surface area contributed by atoms with E-state index in [4.69, 9.17) is 4.42 Å². The summed E-state index contributed by atoms with van der Waals surface area (Å²) in [5.74, 6) is 1.49. The Morgan fingerprint density at radius 2 is 2.06 bits per heavy atom. The standard InChI is InChI=1S/C26H33N5O2/c1-26(2,3)20-8-6-18(7-9-20)24-17-31(29-28-24)15-21-13-19-10-11-30(21)16-23(19)25(32)27-14-22-5-4-12-33-22/h4-9,12,17,19,21,23H,10-11,13-16H2,1-3H3,(H,27,32)/p+1/t19-,21-,23+/m1/s1. The molecule has 1 aromatic carbocycles. The van der Waals surface area contributed by atoms with Crippen LogP contribution >= 0.6 is 0 Å². The summed E-state index contributed by atoms with van der Waals surface area (Å²) in [5.41, 5.74) is 3.47. The molecule has 0 radical (unpaired) electrons. The Hall–Kier alpha value is -2.93. The van der Waals surface area contributed by atoms with Crippen molar-refractivity contribution < 1.29 is 14.1 Å². The van der Waals surface area contributed by atoms with Crippen molar-refractivity contribution in [3.8, 4) is 11.3 Å². The summed E-state index contributed by atoms with van der Waals surface area (Å²) < 4.78 is 7.32. The highest BCUT2D eigenvalue weighted by Crippen LogP contribution is 2.28. The highest BCUT2D eigenvalue weighted by atomic mass is 16.3. The number of hydrogen-bond donors (Lipinski definition) is 2. The number of carbonyl (C=O) groups is 1. The molecular formula is C26H34N5O2+. The first-order chi connectivity index (χ1) is 15.9. The number of quaternary nitrogens is 1. The van der Waals surface area contributed by atoms with E-state index in [9.17, 15) is 4.79 Å². The van der Waals surface area contributed by atoms with Crippen molar-refractivity contribution in [2.45, 2.75) is 58.2 Å². The Bertz CT molecular complexity index is 1080. The minimum atomic E-state index is 0.0904. The largest absolute Gasteiger partial charge is 0.467 e. The lowest BCUT2D eigenvalue weighted by molar-refractivity contribution is -0.945. The smallest absolute Gasteiger partial charge is 0.229 e. The zero-order chi connectivity index (χ0) is 23.0. The predicted octanol–water partition coefficient (Wildman–Crippen LogP) is 2.45. The van der Waals surface area contributed by atoms with Gasteiger partial charge in [-0.1, -0.05) is 50.3 Å². The van der Waals surface area contributed by atoms with E-state index in [1.807, 2.05) is 16.8 Å². The number of nitrogens with zero attached hydrogens (tertiary/aromatic N) is 3. The maximum Gasteiger partial charge on any atom is 0.229 e. The highest BCUT2D eigenvalue weighted by Gasteiger charge is 2.46. The molecule has 0 saturated carbocycles. The van der Waals surface area contributed by atoms with E-state index in [2.05, 4.69) is 66.9 Å². The van der Waals surface area contributed by atoms with E-state index in [0.717, 1.165) is 49.5 Å². The quantitative estimate of drug-likeness (QED) is 0.607. The summed E-state index contributed by atoms with van der Waals surface area (Å²) in [5, 5.41) is 11.9. The normalized spacial score (nSPS) is 24.7. The number of aromatic nitrogens is 3. The van der Waals surface area contributed by atoms with Crippen LogP contribution in [0.5, 0.6) is 0 Å². The lowest BCUT2D eigenvalue weighted by Crippen LogP contribution is -3.20. The lowest BCUT2D eigenvalue weighted by Gasteiger charge is -2.46. The van der Waals surface area contributed by atoms with Gasteiger partial charge in [-0.2, -0.15) is 0 Å². The van der Waals surface area contributed by atoms with Gasteiger partial charge >= 0.3 is 0 Å². The Balaban J connectivity index is 1.19. The second kappa shape index (κ2) is 8.78. The second-order valence-corrected chi connectivity index (χ2v) is 10.7. The third kappa shape index (κ3) is 4.74. The number of benzene rings is 1. The molecule has 7 nitrogen and oxygen atoms in total. The van der Waals surface area contributed by atoms with Crippen LogP contribution in [0.2, 0.25) is 0 Å². The average Bonchev–Trinajstić information content (AvgIpc) is 3.50. The van der Waals surface area contributed by atoms with E-state index in [0.29, 0.717) is 18.5 Å². The number of carbonyl (C=O) groups excluding carboxylic acids is 1. The molecule has 3 fully saturated rings. The fourth-order valence-corrected chi connectivity index (χ4v) is 5.42. The van der Waals surface area contributed by atoms with Gasteiger partial charge in [-0.15, -0.1) is 5.10 Å². The first kappa shape index (κ1) is 21.9. The van der Waals surface area contributed by atoms with Crippen molar-refractivity contribution in [3.63, 3.8) is 0 Å². The van der Waals surface area contributed by atoms with Gasteiger partial charge in [0, 0.05) is 18.4 Å². The van der Waals surface area contributed by atoms with Crippen LogP contribution in [0.25, 0.3) is 11.3 Å². The Kier molecular flexibility index (Phi) is 5.83. The molecule has 7 heteroatoms. The fourth-order valence-electron chi connectivity index (χ4n) is 5.42. The van der Waals surface area contributed by atoms with Crippen molar-refractivity contribution in [3.05, 3.63) is 60.2 Å².